The summed E-state index contributed by atoms with van der Waals surface area (Å²) in [7, 11) is 0. The largest absolute Gasteiger partial charge is 0.506 e. The van der Waals surface area contributed by atoms with E-state index in [9.17, 15) is 20.0 Å². The number of amides is 1. The summed E-state index contributed by atoms with van der Waals surface area (Å²) in [5, 5.41) is 22.7. The van der Waals surface area contributed by atoms with Crippen LogP contribution in [0.1, 0.15) is 27.2 Å². The number of nitro groups is 1. The Hall–Kier alpha value is -2.15. The molecular formula is C13H19N3O4. The summed E-state index contributed by atoms with van der Waals surface area (Å²) in [6.45, 7) is 5.74. The van der Waals surface area contributed by atoms with Crippen molar-refractivity contribution >= 4 is 17.3 Å². The maximum atomic E-state index is 11.8. The number of rotatable bonds is 4. The van der Waals surface area contributed by atoms with E-state index in [1.165, 1.54) is 0 Å². The number of benzene rings is 1. The summed E-state index contributed by atoms with van der Waals surface area (Å²) in [4.78, 5) is 21.9. The zero-order chi connectivity index (χ0) is 15.5. The molecule has 7 heteroatoms. The lowest BCUT2D eigenvalue weighted by molar-refractivity contribution is -0.384. The van der Waals surface area contributed by atoms with Gasteiger partial charge < -0.3 is 16.2 Å². The second-order valence-corrected chi connectivity index (χ2v) is 5.68. The lowest BCUT2D eigenvalue weighted by Gasteiger charge is -2.26. The van der Waals surface area contributed by atoms with E-state index in [1.54, 1.807) is 0 Å². The average Bonchev–Trinajstić information content (AvgIpc) is 2.30. The molecule has 1 aromatic rings. The van der Waals surface area contributed by atoms with Gasteiger partial charge in [-0.2, -0.15) is 0 Å². The van der Waals surface area contributed by atoms with Crippen molar-refractivity contribution in [3.8, 4) is 5.75 Å². The smallest absolute Gasteiger partial charge is 0.271 e. The molecule has 0 fully saturated rings. The van der Waals surface area contributed by atoms with Crippen molar-refractivity contribution in [3.05, 3.63) is 28.3 Å². The van der Waals surface area contributed by atoms with Gasteiger partial charge in [-0.25, -0.2) is 0 Å². The van der Waals surface area contributed by atoms with Gasteiger partial charge in [0, 0.05) is 24.6 Å². The first kappa shape index (κ1) is 15.9. The van der Waals surface area contributed by atoms with E-state index >= 15 is 0 Å². The quantitative estimate of drug-likeness (QED) is 0.443. The third kappa shape index (κ3) is 4.20. The number of nitrogens with one attached hydrogen (secondary N) is 1. The Morgan fingerprint density at radius 3 is 2.60 bits per heavy atom. The normalized spacial score (nSPS) is 12.8. The highest BCUT2D eigenvalue weighted by molar-refractivity contribution is 5.93. The number of nitro benzene ring substituents is 1. The predicted molar refractivity (Wildman–Crippen MR) is 75.4 cm³/mol. The number of nitrogens with two attached hydrogens (primary N) is 1. The Morgan fingerprint density at radius 1 is 1.50 bits per heavy atom. The summed E-state index contributed by atoms with van der Waals surface area (Å²) in [5.74, 6) is -0.628. The fourth-order valence-corrected chi connectivity index (χ4v) is 1.44. The lowest BCUT2D eigenvalue weighted by atomic mass is 9.85. The van der Waals surface area contributed by atoms with Gasteiger partial charge in [-0.1, -0.05) is 20.8 Å². The van der Waals surface area contributed by atoms with Crippen molar-refractivity contribution in [2.45, 2.75) is 33.2 Å². The molecule has 4 N–H and O–H groups in total. The zero-order valence-corrected chi connectivity index (χ0v) is 11.7. The molecule has 1 amide bonds. The molecule has 0 aliphatic rings. The van der Waals surface area contributed by atoms with Crippen LogP contribution in [0, 0.1) is 15.5 Å². The third-order valence-electron chi connectivity index (χ3n) is 2.98. The summed E-state index contributed by atoms with van der Waals surface area (Å²) in [5.41, 5.74) is 5.45. The molecule has 7 nitrogen and oxygen atoms in total. The highest BCUT2D eigenvalue weighted by Crippen LogP contribution is 2.28. The highest BCUT2D eigenvalue weighted by atomic mass is 16.6. The van der Waals surface area contributed by atoms with Gasteiger partial charge in [-0.3, -0.25) is 14.9 Å². The first-order valence-electron chi connectivity index (χ1n) is 6.14. The molecule has 1 aromatic carbocycles. The number of hydrogen-bond donors (Lipinski definition) is 3. The Balaban J connectivity index is 2.80. The summed E-state index contributed by atoms with van der Waals surface area (Å²) < 4.78 is 0. The van der Waals surface area contributed by atoms with Crippen LogP contribution in [0.25, 0.3) is 0 Å². The van der Waals surface area contributed by atoms with Crippen molar-refractivity contribution in [1.82, 2.24) is 0 Å². The van der Waals surface area contributed by atoms with Crippen molar-refractivity contribution in [2.24, 2.45) is 11.1 Å². The van der Waals surface area contributed by atoms with Crippen molar-refractivity contribution in [2.75, 3.05) is 5.32 Å². The number of anilines is 1. The van der Waals surface area contributed by atoms with Crippen LogP contribution in [-0.2, 0) is 4.79 Å². The fourth-order valence-electron chi connectivity index (χ4n) is 1.44. The van der Waals surface area contributed by atoms with Crippen molar-refractivity contribution in [3.63, 3.8) is 0 Å². The van der Waals surface area contributed by atoms with Gasteiger partial charge in [0.25, 0.3) is 5.69 Å². The van der Waals surface area contributed by atoms with E-state index in [4.69, 9.17) is 5.73 Å². The molecule has 1 atom stereocenters. The number of phenolic OH excluding ortho intramolecular Hbond substituents is 1. The molecule has 0 heterocycles. The van der Waals surface area contributed by atoms with E-state index in [2.05, 4.69) is 5.32 Å². The molecule has 0 aliphatic carbocycles. The minimum Gasteiger partial charge on any atom is -0.506 e. The van der Waals surface area contributed by atoms with Crippen LogP contribution < -0.4 is 11.1 Å². The van der Waals surface area contributed by atoms with Crippen LogP contribution in [0.4, 0.5) is 11.4 Å². The molecule has 110 valence electrons. The standard InChI is InChI=1S/C13H19N3O4/c1-13(2,3)11(14)7-12(18)15-9-6-8(16(19)20)4-5-10(9)17/h4-6,11,17H,7,14H2,1-3H3,(H,15,18). The van der Waals surface area contributed by atoms with Crippen LogP contribution in [-0.4, -0.2) is 22.0 Å². The number of carbonyl (C=O) groups excluding carboxylic acids is 1. The lowest BCUT2D eigenvalue weighted by Crippen LogP contribution is -2.38. The van der Waals surface area contributed by atoms with Crippen molar-refractivity contribution in [1.29, 1.82) is 0 Å². The first-order chi connectivity index (χ1) is 9.11. The van der Waals surface area contributed by atoms with Crippen LogP contribution in [0.5, 0.6) is 5.75 Å². The molecule has 0 aliphatic heterocycles. The van der Waals surface area contributed by atoms with Gasteiger partial charge in [0.2, 0.25) is 5.91 Å². The van der Waals surface area contributed by atoms with Crippen LogP contribution in [0.3, 0.4) is 0 Å². The molecular weight excluding hydrogens is 262 g/mol. The van der Waals surface area contributed by atoms with Gasteiger partial charge in [-0.05, 0) is 11.5 Å². The molecule has 0 bridgehead atoms. The molecule has 0 saturated heterocycles. The van der Waals surface area contributed by atoms with Gasteiger partial charge in [0.05, 0.1) is 10.6 Å². The highest BCUT2D eigenvalue weighted by Gasteiger charge is 2.23. The first-order valence-corrected chi connectivity index (χ1v) is 6.14. The number of hydrogen-bond acceptors (Lipinski definition) is 5. The van der Waals surface area contributed by atoms with Crippen LogP contribution in [0.15, 0.2) is 18.2 Å². The number of nitrogens with zero attached hydrogens (tertiary/aromatic N) is 1. The molecule has 0 aromatic heterocycles. The molecule has 0 saturated carbocycles. The van der Waals surface area contributed by atoms with Gasteiger partial charge in [0.1, 0.15) is 5.75 Å². The number of carbonyl (C=O) groups is 1. The SMILES string of the molecule is CC(C)(C)C(N)CC(=O)Nc1cc([N+](=O)[O-])ccc1O. The molecule has 1 unspecified atom stereocenters. The average molecular weight is 281 g/mol. The topological polar surface area (TPSA) is 118 Å². The van der Waals surface area contributed by atoms with E-state index in [0.29, 0.717) is 0 Å². The Morgan fingerprint density at radius 2 is 2.10 bits per heavy atom. The van der Waals surface area contributed by atoms with Crippen LogP contribution in [0.2, 0.25) is 0 Å². The minimum absolute atomic E-state index is 0.00492. The number of aromatic hydroxyl groups is 1. The van der Waals surface area contributed by atoms with E-state index < -0.39 is 10.8 Å². The van der Waals surface area contributed by atoms with E-state index in [1.807, 2.05) is 20.8 Å². The molecule has 0 radical (unpaired) electrons. The Labute approximate surface area is 116 Å². The van der Waals surface area contributed by atoms with Crippen molar-refractivity contribution < 1.29 is 14.8 Å². The Kier molecular flexibility index (Phi) is 4.67. The number of phenols is 1. The van der Waals surface area contributed by atoms with E-state index in [-0.39, 0.29) is 35.0 Å². The maximum Gasteiger partial charge on any atom is 0.271 e. The van der Waals surface area contributed by atoms with Gasteiger partial charge in [0.15, 0.2) is 0 Å². The minimum atomic E-state index is -0.601. The van der Waals surface area contributed by atoms with Gasteiger partial charge in [-0.15, -0.1) is 0 Å². The maximum absolute atomic E-state index is 11.8. The fraction of sp³-hybridized carbons (Fsp3) is 0.462. The molecule has 1 rings (SSSR count). The summed E-state index contributed by atoms with van der Waals surface area (Å²) in [6, 6.07) is 3.07. The second-order valence-electron chi connectivity index (χ2n) is 5.68. The molecule has 20 heavy (non-hydrogen) atoms. The summed E-state index contributed by atoms with van der Waals surface area (Å²) in [6.07, 6.45) is 0.0611. The van der Waals surface area contributed by atoms with E-state index in [0.717, 1.165) is 18.2 Å². The van der Waals surface area contributed by atoms with Gasteiger partial charge >= 0.3 is 0 Å². The van der Waals surface area contributed by atoms with Crippen LogP contribution >= 0.6 is 0 Å². The third-order valence-corrected chi connectivity index (χ3v) is 2.98. The zero-order valence-electron chi connectivity index (χ0n) is 11.7. The molecule has 0 spiro atoms. The number of non-ortho nitro benzene ring substituents is 1. The Bertz CT molecular complexity index is 523. The summed E-state index contributed by atoms with van der Waals surface area (Å²) >= 11 is 0. The second kappa shape index (κ2) is 5.87. The monoisotopic (exact) mass is 281 g/mol. The predicted octanol–water partition coefficient (Wildman–Crippen LogP) is 2.00.